The fourth-order valence-corrected chi connectivity index (χ4v) is 0. The molecule has 4 nitrogen and oxygen atoms in total. The van der Waals surface area contributed by atoms with E-state index in [-0.39, 0.29) is 34.4 Å². The van der Waals surface area contributed by atoms with Crippen LogP contribution in [0.3, 0.4) is 0 Å². The Morgan fingerprint density at radius 2 is 1.12 bits per heavy atom. The number of aliphatic carboxylic acids is 2. The first-order chi connectivity index (χ1) is 2.64. The average molecular weight is 195 g/mol. The maximum atomic E-state index is 8.93. The number of carbonyl (C=O) groups excluding carboxylic acids is 2. The molecule has 0 aliphatic carbocycles. The van der Waals surface area contributed by atoms with Gasteiger partial charge in [-0.05, 0) is 0 Å². The number of hydrogen-bond donors (Lipinski definition) is 0. The van der Waals surface area contributed by atoms with Crippen molar-refractivity contribution < 1.29 is 54.2 Å². The summed E-state index contributed by atoms with van der Waals surface area (Å²) in [6, 6.07) is 0. The number of carbonyl (C=O) groups is 2. The Balaban J connectivity index is -0.000000125. The van der Waals surface area contributed by atoms with Crippen LogP contribution in [0.15, 0.2) is 0 Å². The van der Waals surface area contributed by atoms with Crippen molar-refractivity contribution in [2.75, 3.05) is 0 Å². The summed E-state index contributed by atoms with van der Waals surface area (Å²) in [6.07, 6.45) is 0. The summed E-state index contributed by atoms with van der Waals surface area (Å²) in [6.45, 7) is 0. The predicted molar refractivity (Wildman–Crippen MR) is 10.0 cm³/mol. The van der Waals surface area contributed by atoms with E-state index in [1.807, 2.05) is 0 Å². The molecule has 0 bridgehead atoms. The monoisotopic (exact) mass is 195 g/mol. The summed E-state index contributed by atoms with van der Waals surface area (Å²) in [7, 11) is 0. The van der Waals surface area contributed by atoms with Crippen LogP contribution in [-0.2, 0) is 44.0 Å². The van der Waals surface area contributed by atoms with Crippen molar-refractivity contribution in [3.05, 3.63) is 0 Å². The molecular weight excluding hydrogens is 195 g/mol. The molecule has 0 heterocycles. The van der Waals surface area contributed by atoms with Crippen molar-refractivity contribution in [1.82, 2.24) is 0 Å². The average Bonchev–Trinajstić information content (AvgIpc) is 1.36. The van der Waals surface area contributed by atoms with E-state index in [0.717, 1.165) is 0 Å². The maximum Gasteiger partial charge on any atom is 3.00 e. The molecule has 0 spiro atoms. The zero-order valence-electron chi connectivity index (χ0n) is 3.42. The molecular formula is C2CrMnO4+3. The Bertz CT molecular complexity index is 80.0. The van der Waals surface area contributed by atoms with Gasteiger partial charge in [0, 0.05) is 0 Å². The second-order valence-electron chi connectivity index (χ2n) is 0.575. The van der Waals surface area contributed by atoms with E-state index in [1.54, 1.807) is 0 Å². The van der Waals surface area contributed by atoms with Crippen molar-refractivity contribution in [1.29, 1.82) is 0 Å². The van der Waals surface area contributed by atoms with Gasteiger partial charge in [0.05, 0.1) is 11.9 Å². The first-order valence-corrected chi connectivity index (χ1v) is 1.07. The van der Waals surface area contributed by atoms with E-state index < -0.39 is 11.9 Å². The third-order valence-electron chi connectivity index (χ3n) is 0.167. The predicted octanol–water partition coefficient (Wildman–Crippen LogP) is -3.52. The van der Waals surface area contributed by atoms with Crippen LogP contribution in [0, 0.1) is 0 Å². The Labute approximate surface area is 66.5 Å². The molecule has 0 saturated heterocycles. The van der Waals surface area contributed by atoms with Crippen LogP contribution in [-0.4, -0.2) is 11.9 Å². The van der Waals surface area contributed by atoms with Crippen molar-refractivity contribution in [3.8, 4) is 0 Å². The summed E-state index contributed by atoms with van der Waals surface area (Å²) in [5.74, 6) is -4.37. The largest absolute Gasteiger partial charge is 3.00 e. The van der Waals surface area contributed by atoms with Gasteiger partial charge in [-0.1, -0.05) is 0 Å². The maximum absolute atomic E-state index is 8.93. The fourth-order valence-electron chi connectivity index (χ4n) is 0. The molecule has 0 aromatic heterocycles. The van der Waals surface area contributed by atoms with Gasteiger partial charge in [-0.15, -0.1) is 0 Å². The zero-order valence-corrected chi connectivity index (χ0v) is 5.87. The standard InChI is InChI=1S/C2H2O4.Cr.Mn/c3-1(4)2(5)6;;/h(H,3,4)(H,5,6);;/q;+3;+2/p-2. The molecule has 6 heteroatoms. The van der Waals surface area contributed by atoms with Crippen molar-refractivity contribution >= 4 is 11.9 Å². The van der Waals surface area contributed by atoms with Crippen molar-refractivity contribution in [3.63, 3.8) is 0 Å². The smallest absolute Gasteiger partial charge is 0.543 e. The van der Waals surface area contributed by atoms with E-state index in [2.05, 4.69) is 0 Å². The third kappa shape index (κ3) is 9.37. The molecule has 0 aromatic carbocycles. The quantitative estimate of drug-likeness (QED) is 0.296. The Morgan fingerprint density at radius 1 is 1.00 bits per heavy atom. The molecule has 8 heavy (non-hydrogen) atoms. The summed E-state index contributed by atoms with van der Waals surface area (Å²) in [5, 5.41) is 17.9. The minimum atomic E-state index is -2.19. The van der Waals surface area contributed by atoms with Gasteiger partial charge >= 0.3 is 34.4 Å². The molecule has 0 aliphatic heterocycles. The molecule has 2 radical (unpaired) electrons. The van der Waals surface area contributed by atoms with E-state index in [1.165, 1.54) is 0 Å². The first-order valence-electron chi connectivity index (χ1n) is 1.07. The van der Waals surface area contributed by atoms with Crippen LogP contribution in [0.25, 0.3) is 0 Å². The topological polar surface area (TPSA) is 80.3 Å². The Kier molecular flexibility index (Phi) is 13.7. The van der Waals surface area contributed by atoms with Crippen LogP contribution >= 0.6 is 0 Å². The molecule has 0 aromatic rings. The molecule has 0 unspecified atom stereocenters. The normalized spacial score (nSPS) is 5.50. The molecule has 0 saturated carbocycles. The minimum Gasteiger partial charge on any atom is -0.543 e. The van der Waals surface area contributed by atoms with Gasteiger partial charge in [0.1, 0.15) is 0 Å². The van der Waals surface area contributed by atoms with Gasteiger partial charge in [0.2, 0.25) is 0 Å². The van der Waals surface area contributed by atoms with Crippen molar-refractivity contribution in [2.45, 2.75) is 0 Å². The molecule has 0 aliphatic rings. The molecule has 0 fully saturated rings. The molecule has 0 rings (SSSR count). The van der Waals surface area contributed by atoms with Crippen LogP contribution in [0.1, 0.15) is 0 Å². The number of carboxylic acids is 2. The zero-order chi connectivity index (χ0) is 5.15. The summed E-state index contributed by atoms with van der Waals surface area (Å²) >= 11 is 0. The molecule has 0 N–H and O–H groups in total. The summed E-state index contributed by atoms with van der Waals surface area (Å²) < 4.78 is 0. The number of rotatable bonds is 0. The SMILES string of the molecule is O=C([O-])C(=O)[O-].[Cr+3].[Mn+2]. The Morgan fingerprint density at radius 3 is 1.12 bits per heavy atom. The van der Waals surface area contributed by atoms with Crippen LogP contribution in [0.2, 0.25) is 0 Å². The van der Waals surface area contributed by atoms with E-state index in [9.17, 15) is 0 Å². The van der Waals surface area contributed by atoms with E-state index >= 15 is 0 Å². The van der Waals surface area contributed by atoms with Crippen molar-refractivity contribution in [2.24, 2.45) is 0 Å². The third-order valence-corrected chi connectivity index (χ3v) is 0.167. The minimum absolute atomic E-state index is 0. The van der Waals surface area contributed by atoms with Crippen LogP contribution in [0.4, 0.5) is 0 Å². The fraction of sp³-hybridized carbons (Fsp3) is 0. The van der Waals surface area contributed by atoms with Gasteiger partial charge in [-0.3, -0.25) is 0 Å². The second-order valence-corrected chi connectivity index (χ2v) is 0.575. The van der Waals surface area contributed by atoms with Gasteiger partial charge in [0.15, 0.2) is 0 Å². The van der Waals surface area contributed by atoms with E-state index in [0.29, 0.717) is 0 Å². The van der Waals surface area contributed by atoms with Crippen LogP contribution in [0.5, 0.6) is 0 Å². The molecule has 0 atom stereocenters. The molecule has 0 amide bonds. The van der Waals surface area contributed by atoms with Gasteiger partial charge in [0.25, 0.3) is 0 Å². The number of carboxylic acid groups (broad SMARTS) is 2. The first kappa shape index (κ1) is 15.7. The molecule has 42 valence electrons. The summed E-state index contributed by atoms with van der Waals surface area (Å²) in [5.41, 5.74) is 0. The number of hydrogen-bond acceptors (Lipinski definition) is 4. The van der Waals surface area contributed by atoms with Gasteiger partial charge in [-0.2, -0.15) is 0 Å². The van der Waals surface area contributed by atoms with Gasteiger partial charge in [-0.25, -0.2) is 0 Å². The van der Waals surface area contributed by atoms with E-state index in [4.69, 9.17) is 19.8 Å². The van der Waals surface area contributed by atoms with Crippen LogP contribution < -0.4 is 10.2 Å². The second kappa shape index (κ2) is 6.99. The van der Waals surface area contributed by atoms with Gasteiger partial charge < -0.3 is 19.8 Å². The Hall–Kier alpha value is -0.00805. The summed E-state index contributed by atoms with van der Waals surface area (Å²) in [4.78, 5) is 17.9.